The zero-order valence-corrected chi connectivity index (χ0v) is 15.3. The van der Waals surface area contributed by atoms with Crippen molar-refractivity contribution in [3.8, 4) is 0 Å². The summed E-state index contributed by atoms with van der Waals surface area (Å²) in [6.07, 6.45) is 10.6. The second-order valence-electron chi connectivity index (χ2n) is 6.14. The van der Waals surface area contributed by atoms with Crippen LogP contribution in [0.3, 0.4) is 0 Å². The molecule has 0 aliphatic carbocycles. The number of esters is 1. The van der Waals surface area contributed by atoms with Gasteiger partial charge in [0.15, 0.2) is 0 Å². The topological polar surface area (TPSA) is 87.0 Å². The molecule has 0 fully saturated rings. The fraction of sp³-hybridized carbons (Fsp3) is 0.944. The molecule has 2 atom stereocenters. The first kappa shape index (κ1) is 24.6. The number of carbonyl (C=O) groups is 1. The lowest BCUT2D eigenvalue weighted by atomic mass is 10.1. The van der Waals surface area contributed by atoms with Crippen LogP contribution < -0.4 is 0 Å². The van der Waals surface area contributed by atoms with E-state index in [1.165, 1.54) is 51.9 Å². The molecule has 0 radical (unpaired) electrons. The molecule has 0 saturated carbocycles. The number of hydrogen-bond acceptors (Lipinski definition) is 5. The highest BCUT2D eigenvalue weighted by Crippen LogP contribution is 2.10. The second kappa shape index (κ2) is 19.4. The molecule has 0 heterocycles. The molecule has 0 aliphatic rings. The van der Waals surface area contributed by atoms with Crippen molar-refractivity contribution in [2.45, 2.75) is 97.2 Å². The summed E-state index contributed by atoms with van der Waals surface area (Å²) in [4.78, 5) is 11.2. The predicted octanol–water partition coefficient (Wildman–Crippen LogP) is 3.19. The second-order valence-corrected chi connectivity index (χ2v) is 6.14. The molecule has 140 valence electrons. The van der Waals surface area contributed by atoms with Gasteiger partial charge in [0.2, 0.25) is 0 Å². The molecular formula is C18H38O5. The van der Waals surface area contributed by atoms with Gasteiger partial charge in [0.1, 0.15) is 6.61 Å². The summed E-state index contributed by atoms with van der Waals surface area (Å²) in [6.45, 7) is 5.36. The predicted molar refractivity (Wildman–Crippen MR) is 93.3 cm³/mol. The first-order chi connectivity index (χ1) is 10.9. The van der Waals surface area contributed by atoms with Crippen LogP contribution in [-0.4, -0.2) is 46.7 Å². The van der Waals surface area contributed by atoms with Gasteiger partial charge in [-0.25, -0.2) is 0 Å². The summed E-state index contributed by atoms with van der Waals surface area (Å²) in [6, 6.07) is 0. The molecule has 0 aromatic heterocycles. The van der Waals surface area contributed by atoms with Crippen LogP contribution in [0.5, 0.6) is 0 Å². The smallest absolute Gasteiger partial charge is 0.305 e. The first-order valence-electron chi connectivity index (χ1n) is 9.06. The lowest BCUT2D eigenvalue weighted by molar-refractivity contribution is -0.146. The van der Waals surface area contributed by atoms with E-state index < -0.39 is 12.2 Å². The molecule has 2 unspecified atom stereocenters. The van der Waals surface area contributed by atoms with Gasteiger partial charge in [-0.3, -0.25) is 4.79 Å². The Bertz CT molecular complexity index is 242. The van der Waals surface area contributed by atoms with Gasteiger partial charge in [0.25, 0.3) is 0 Å². The quantitative estimate of drug-likeness (QED) is 0.356. The number of rotatable bonds is 13. The third-order valence-electron chi connectivity index (χ3n) is 3.23. The van der Waals surface area contributed by atoms with Crippen molar-refractivity contribution in [1.29, 1.82) is 0 Å². The molecule has 23 heavy (non-hydrogen) atoms. The van der Waals surface area contributed by atoms with Crippen LogP contribution in [0.1, 0.15) is 85.0 Å². The van der Waals surface area contributed by atoms with Crippen LogP contribution >= 0.6 is 0 Å². The van der Waals surface area contributed by atoms with Gasteiger partial charge in [0.05, 0.1) is 18.8 Å². The number of carbonyl (C=O) groups excluding carboxylic acids is 1. The highest BCUT2D eigenvalue weighted by atomic mass is 16.5. The van der Waals surface area contributed by atoms with Crippen molar-refractivity contribution in [1.82, 2.24) is 0 Å². The SMILES string of the molecule is CC(O)CO.CCCCCCCCCCCC(=O)OCC(C)O. The van der Waals surface area contributed by atoms with E-state index in [1.54, 1.807) is 6.92 Å². The Morgan fingerprint density at radius 3 is 1.70 bits per heavy atom. The molecule has 5 heteroatoms. The highest BCUT2D eigenvalue weighted by Gasteiger charge is 2.04. The van der Waals surface area contributed by atoms with E-state index in [0.29, 0.717) is 6.42 Å². The molecule has 0 aromatic rings. The van der Waals surface area contributed by atoms with Gasteiger partial charge in [-0.1, -0.05) is 58.3 Å². The zero-order valence-electron chi connectivity index (χ0n) is 15.3. The van der Waals surface area contributed by atoms with E-state index in [2.05, 4.69) is 6.92 Å². The molecule has 0 aromatic carbocycles. The van der Waals surface area contributed by atoms with Crippen LogP contribution in [0.25, 0.3) is 0 Å². The Kier molecular flexibility index (Phi) is 20.7. The molecule has 5 nitrogen and oxygen atoms in total. The van der Waals surface area contributed by atoms with Crippen molar-refractivity contribution in [3.05, 3.63) is 0 Å². The van der Waals surface area contributed by atoms with Gasteiger partial charge in [-0.2, -0.15) is 0 Å². The zero-order chi connectivity index (χ0) is 17.9. The summed E-state index contributed by atoms with van der Waals surface area (Å²) in [5.41, 5.74) is 0. The molecule has 0 spiro atoms. The third-order valence-corrected chi connectivity index (χ3v) is 3.23. The van der Waals surface area contributed by atoms with E-state index >= 15 is 0 Å². The molecule has 0 bridgehead atoms. The number of unbranched alkanes of at least 4 members (excludes halogenated alkanes) is 8. The third kappa shape index (κ3) is 26.6. The standard InChI is InChI=1S/C15H30O3.C3H8O2/c1-3-4-5-6-7-8-9-10-11-12-15(17)18-13-14(2)16;1-3(5)2-4/h14,16H,3-13H2,1-2H3;3-5H,2H2,1H3. The highest BCUT2D eigenvalue weighted by molar-refractivity contribution is 5.69. The average molecular weight is 334 g/mol. The maximum absolute atomic E-state index is 11.2. The van der Waals surface area contributed by atoms with Gasteiger partial charge in [-0.15, -0.1) is 0 Å². The summed E-state index contributed by atoms with van der Waals surface area (Å²) in [5, 5.41) is 25.0. The summed E-state index contributed by atoms with van der Waals surface area (Å²) < 4.78 is 4.89. The van der Waals surface area contributed by atoms with Crippen LogP contribution in [0.4, 0.5) is 0 Å². The number of aliphatic hydroxyl groups is 3. The van der Waals surface area contributed by atoms with E-state index in [9.17, 15) is 4.79 Å². The van der Waals surface area contributed by atoms with Crippen molar-refractivity contribution >= 4 is 5.97 Å². The van der Waals surface area contributed by atoms with Gasteiger partial charge >= 0.3 is 5.97 Å². The van der Waals surface area contributed by atoms with Crippen molar-refractivity contribution in [2.75, 3.05) is 13.2 Å². The largest absolute Gasteiger partial charge is 0.463 e. The van der Waals surface area contributed by atoms with Crippen LogP contribution in [-0.2, 0) is 9.53 Å². The van der Waals surface area contributed by atoms with E-state index in [4.69, 9.17) is 20.1 Å². The van der Waals surface area contributed by atoms with E-state index in [0.717, 1.165) is 12.8 Å². The molecule has 0 amide bonds. The van der Waals surface area contributed by atoms with Crippen LogP contribution in [0.2, 0.25) is 0 Å². The van der Waals surface area contributed by atoms with Gasteiger partial charge in [-0.05, 0) is 20.3 Å². The number of hydrogen-bond donors (Lipinski definition) is 3. The van der Waals surface area contributed by atoms with Crippen LogP contribution in [0, 0.1) is 0 Å². The van der Waals surface area contributed by atoms with Crippen molar-refractivity contribution in [2.24, 2.45) is 0 Å². The van der Waals surface area contributed by atoms with E-state index in [-0.39, 0.29) is 19.2 Å². The average Bonchev–Trinajstić information content (AvgIpc) is 2.51. The minimum absolute atomic E-state index is 0.121. The van der Waals surface area contributed by atoms with E-state index in [1.807, 2.05) is 0 Å². The fourth-order valence-electron chi connectivity index (χ4n) is 1.87. The number of aliphatic hydroxyl groups excluding tert-OH is 3. The minimum atomic E-state index is -0.560. The summed E-state index contributed by atoms with van der Waals surface area (Å²) >= 11 is 0. The normalized spacial score (nSPS) is 13.0. The van der Waals surface area contributed by atoms with Crippen LogP contribution in [0.15, 0.2) is 0 Å². The molecule has 0 aliphatic heterocycles. The Morgan fingerprint density at radius 1 is 0.870 bits per heavy atom. The van der Waals surface area contributed by atoms with Crippen molar-refractivity contribution < 1.29 is 24.9 Å². The maximum Gasteiger partial charge on any atom is 0.305 e. The van der Waals surface area contributed by atoms with Gasteiger partial charge < -0.3 is 20.1 Å². The monoisotopic (exact) mass is 334 g/mol. The summed E-state index contributed by atoms with van der Waals surface area (Å²) in [7, 11) is 0. The van der Waals surface area contributed by atoms with Crippen molar-refractivity contribution in [3.63, 3.8) is 0 Å². The number of ether oxygens (including phenoxy) is 1. The minimum Gasteiger partial charge on any atom is -0.463 e. The lowest BCUT2D eigenvalue weighted by Gasteiger charge is -2.06. The van der Waals surface area contributed by atoms with Gasteiger partial charge in [0, 0.05) is 6.42 Å². The molecule has 0 rings (SSSR count). The molecule has 3 N–H and O–H groups in total. The Labute approximate surface area is 142 Å². The Balaban J connectivity index is 0. The molecular weight excluding hydrogens is 296 g/mol. The first-order valence-corrected chi connectivity index (χ1v) is 9.06. The fourth-order valence-corrected chi connectivity index (χ4v) is 1.87. The lowest BCUT2D eigenvalue weighted by Crippen LogP contribution is -2.14. The summed E-state index contributed by atoms with van der Waals surface area (Å²) in [5.74, 6) is -0.182. The molecule has 0 saturated heterocycles. The Hall–Kier alpha value is -0.650. The Morgan fingerprint density at radius 2 is 1.30 bits per heavy atom. The maximum atomic E-state index is 11.2.